The van der Waals surface area contributed by atoms with Crippen molar-refractivity contribution in [2.24, 2.45) is 0 Å². The maximum Gasteiger partial charge on any atom is 0.0785 e. The van der Waals surface area contributed by atoms with Crippen LogP contribution in [0.25, 0.3) is 10.8 Å². The zero-order valence-electron chi connectivity index (χ0n) is 11.2. The van der Waals surface area contributed by atoms with E-state index in [-0.39, 0.29) is 0 Å². The second-order valence-corrected chi connectivity index (χ2v) is 4.59. The van der Waals surface area contributed by atoms with Crippen molar-refractivity contribution >= 4 is 10.8 Å². The third-order valence-corrected chi connectivity index (χ3v) is 3.08. The Balaban J connectivity index is 1.88. The van der Waals surface area contributed by atoms with Crippen LogP contribution >= 0.6 is 0 Å². The van der Waals surface area contributed by atoms with Crippen molar-refractivity contribution in [2.45, 2.75) is 19.1 Å². The molecule has 0 aliphatic rings. The summed E-state index contributed by atoms with van der Waals surface area (Å²) in [4.78, 5) is 4.25. The Morgan fingerprint density at radius 2 is 2.16 bits per heavy atom. The number of methoxy groups -OCH3 is 1. The van der Waals surface area contributed by atoms with Crippen LogP contribution < -0.4 is 5.32 Å². The number of hydrogen-bond donors (Lipinski definition) is 2. The van der Waals surface area contributed by atoms with E-state index in [4.69, 9.17) is 4.74 Å². The second-order valence-electron chi connectivity index (χ2n) is 4.59. The van der Waals surface area contributed by atoms with Gasteiger partial charge in [0, 0.05) is 31.4 Å². The van der Waals surface area contributed by atoms with Crippen molar-refractivity contribution in [3.63, 3.8) is 0 Å². The third kappa shape index (κ3) is 3.99. The van der Waals surface area contributed by atoms with E-state index >= 15 is 0 Å². The molecule has 0 spiro atoms. The molecule has 2 aromatic rings. The van der Waals surface area contributed by atoms with Crippen LogP contribution in [-0.4, -0.2) is 36.5 Å². The van der Waals surface area contributed by atoms with Crippen molar-refractivity contribution in [3.05, 3.63) is 42.2 Å². The highest BCUT2D eigenvalue weighted by atomic mass is 16.5. The molecule has 0 amide bonds. The number of nitrogens with one attached hydrogen (secondary N) is 1. The fraction of sp³-hybridized carbons (Fsp3) is 0.400. The van der Waals surface area contributed by atoms with Gasteiger partial charge in [-0.3, -0.25) is 4.98 Å². The van der Waals surface area contributed by atoms with Gasteiger partial charge in [0.1, 0.15) is 0 Å². The molecular formula is C15H20N2O2. The fourth-order valence-electron chi connectivity index (χ4n) is 2.09. The maximum atomic E-state index is 9.54. The molecular weight excluding hydrogens is 240 g/mol. The largest absolute Gasteiger partial charge is 0.391 e. The summed E-state index contributed by atoms with van der Waals surface area (Å²) >= 11 is 0. The van der Waals surface area contributed by atoms with Crippen molar-refractivity contribution in [2.75, 3.05) is 20.3 Å². The highest BCUT2D eigenvalue weighted by Gasteiger charge is 2.04. The van der Waals surface area contributed by atoms with Gasteiger partial charge in [-0.15, -0.1) is 0 Å². The molecule has 1 aromatic heterocycles. The monoisotopic (exact) mass is 260 g/mol. The standard InChI is InChI=1S/C15H20N2O2/c1-19-11-14(18)6-7-16-9-13-10-17-8-12-4-2-3-5-15(12)13/h2-5,8,10,14,16,18H,6-7,9,11H2,1H3. The lowest BCUT2D eigenvalue weighted by molar-refractivity contribution is 0.0594. The molecule has 4 heteroatoms. The van der Waals surface area contributed by atoms with E-state index in [9.17, 15) is 5.11 Å². The minimum Gasteiger partial charge on any atom is -0.391 e. The first-order valence-electron chi connectivity index (χ1n) is 6.50. The molecule has 0 aliphatic carbocycles. The number of pyridine rings is 1. The summed E-state index contributed by atoms with van der Waals surface area (Å²) in [6, 6.07) is 8.22. The Labute approximate surface area is 113 Å². The van der Waals surface area contributed by atoms with E-state index in [0.29, 0.717) is 13.0 Å². The number of rotatable bonds is 7. The molecule has 4 nitrogen and oxygen atoms in total. The van der Waals surface area contributed by atoms with Gasteiger partial charge < -0.3 is 15.2 Å². The van der Waals surface area contributed by atoms with Gasteiger partial charge in [0.2, 0.25) is 0 Å². The van der Waals surface area contributed by atoms with E-state index in [1.54, 1.807) is 7.11 Å². The summed E-state index contributed by atoms with van der Waals surface area (Å²) in [7, 11) is 1.60. The lowest BCUT2D eigenvalue weighted by Gasteiger charge is -2.11. The van der Waals surface area contributed by atoms with E-state index in [2.05, 4.69) is 22.4 Å². The summed E-state index contributed by atoms with van der Waals surface area (Å²) < 4.78 is 4.89. The zero-order valence-corrected chi connectivity index (χ0v) is 11.2. The fourth-order valence-corrected chi connectivity index (χ4v) is 2.09. The molecule has 0 saturated carbocycles. The lowest BCUT2D eigenvalue weighted by atomic mass is 10.1. The number of benzene rings is 1. The van der Waals surface area contributed by atoms with E-state index < -0.39 is 6.10 Å². The summed E-state index contributed by atoms with van der Waals surface area (Å²) in [5, 5.41) is 15.2. The average molecular weight is 260 g/mol. The average Bonchev–Trinajstić information content (AvgIpc) is 2.44. The topological polar surface area (TPSA) is 54.4 Å². The number of fused-ring (bicyclic) bond motifs is 1. The molecule has 1 aromatic carbocycles. The van der Waals surface area contributed by atoms with Gasteiger partial charge in [0.05, 0.1) is 12.7 Å². The van der Waals surface area contributed by atoms with Crippen LogP contribution in [0.4, 0.5) is 0 Å². The summed E-state index contributed by atoms with van der Waals surface area (Å²) in [6.45, 7) is 1.90. The maximum absolute atomic E-state index is 9.54. The third-order valence-electron chi connectivity index (χ3n) is 3.08. The summed E-state index contributed by atoms with van der Waals surface area (Å²) in [5.74, 6) is 0. The van der Waals surface area contributed by atoms with E-state index in [1.807, 2.05) is 24.5 Å². The second kappa shape index (κ2) is 7.19. The lowest BCUT2D eigenvalue weighted by Crippen LogP contribution is -2.23. The Morgan fingerprint density at radius 3 is 3.00 bits per heavy atom. The Bertz CT molecular complexity index is 511. The summed E-state index contributed by atoms with van der Waals surface area (Å²) in [5.41, 5.74) is 1.18. The van der Waals surface area contributed by atoms with Gasteiger partial charge in [0.15, 0.2) is 0 Å². The van der Waals surface area contributed by atoms with Gasteiger partial charge in [-0.2, -0.15) is 0 Å². The molecule has 0 bridgehead atoms. The van der Waals surface area contributed by atoms with Crippen LogP contribution in [0.3, 0.4) is 0 Å². The van der Waals surface area contributed by atoms with Gasteiger partial charge in [-0.25, -0.2) is 0 Å². The number of ether oxygens (including phenoxy) is 1. The normalized spacial score (nSPS) is 12.7. The number of hydrogen-bond acceptors (Lipinski definition) is 4. The smallest absolute Gasteiger partial charge is 0.0785 e. The first-order valence-corrected chi connectivity index (χ1v) is 6.50. The minimum absolute atomic E-state index is 0.386. The molecule has 102 valence electrons. The molecule has 0 saturated heterocycles. The number of aromatic nitrogens is 1. The zero-order chi connectivity index (χ0) is 13.5. The van der Waals surface area contributed by atoms with Crippen LogP contribution in [0.2, 0.25) is 0 Å². The van der Waals surface area contributed by atoms with Crippen LogP contribution in [0, 0.1) is 0 Å². The first kappa shape index (κ1) is 13.9. The number of aliphatic hydroxyl groups excluding tert-OH is 1. The van der Waals surface area contributed by atoms with Crippen molar-refractivity contribution in [1.29, 1.82) is 0 Å². The molecule has 1 unspecified atom stereocenters. The van der Waals surface area contributed by atoms with E-state index in [0.717, 1.165) is 18.5 Å². The molecule has 1 heterocycles. The Morgan fingerprint density at radius 1 is 1.32 bits per heavy atom. The molecule has 19 heavy (non-hydrogen) atoms. The highest BCUT2D eigenvalue weighted by Crippen LogP contribution is 2.16. The molecule has 2 rings (SSSR count). The molecule has 0 aliphatic heterocycles. The van der Waals surface area contributed by atoms with Gasteiger partial charge in [0.25, 0.3) is 0 Å². The number of aliphatic hydroxyl groups is 1. The van der Waals surface area contributed by atoms with E-state index in [1.165, 1.54) is 10.9 Å². The highest BCUT2D eigenvalue weighted by molar-refractivity contribution is 5.84. The minimum atomic E-state index is -0.400. The first-order chi connectivity index (χ1) is 9.31. The summed E-state index contributed by atoms with van der Waals surface area (Å²) in [6.07, 6.45) is 4.05. The molecule has 0 radical (unpaired) electrons. The quantitative estimate of drug-likeness (QED) is 0.744. The molecule has 1 atom stereocenters. The predicted molar refractivity (Wildman–Crippen MR) is 75.9 cm³/mol. The number of nitrogens with zero attached hydrogens (tertiary/aromatic N) is 1. The Hall–Kier alpha value is -1.49. The van der Waals surface area contributed by atoms with Gasteiger partial charge in [-0.05, 0) is 23.9 Å². The van der Waals surface area contributed by atoms with Gasteiger partial charge >= 0.3 is 0 Å². The van der Waals surface area contributed by atoms with Crippen molar-refractivity contribution < 1.29 is 9.84 Å². The van der Waals surface area contributed by atoms with Crippen molar-refractivity contribution in [1.82, 2.24) is 10.3 Å². The van der Waals surface area contributed by atoms with Crippen molar-refractivity contribution in [3.8, 4) is 0 Å². The predicted octanol–water partition coefficient (Wildman–Crippen LogP) is 1.72. The van der Waals surface area contributed by atoms with Crippen LogP contribution in [-0.2, 0) is 11.3 Å². The molecule has 2 N–H and O–H groups in total. The SMILES string of the molecule is COCC(O)CCNCc1cncc2ccccc12. The van der Waals surface area contributed by atoms with Gasteiger partial charge in [-0.1, -0.05) is 24.3 Å². The Kier molecular flexibility index (Phi) is 5.27. The van der Waals surface area contributed by atoms with Crippen LogP contribution in [0.5, 0.6) is 0 Å². The van der Waals surface area contributed by atoms with Crippen LogP contribution in [0.1, 0.15) is 12.0 Å². The van der Waals surface area contributed by atoms with Crippen LogP contribution in [0.15, 0.2) is 36.7 Å². The molecule has 0 fully saturated rings.